The van der Waals surface area contributed by atoms with E-state index in [4.69, 9.17) is 13.3 Å². The van der Waals surface area contributed by atoms with Crippen LogP contribution in [0.5, 0.6) is 0 Å². The van der Waals surface area contributed by atoms with Crippen LogP contribution in [-0.4, -0.2) is 69.2 Å². The van der Waals surface area contributed by atoms with Crippen LogP contribution in [-0.2, 0) is 11.4 Å². The molecule has 0 aliphatic rings. The molecule has 0 aliphatic heterocycles. The first kappa shape index (κ1) is 101. The minimum atomic E-state index is -2.61. The Kier molecular flexibility index (Phi) is 691. The van der Waals surface area contributed by atoms with Crippen molar-refractivity contribution in [3.05, 3.63) is 0 Å². The predicted octanol–water partition coefficient (Wildman–Crippen LogP) is -6.18. The molecule has 0 atom stereocenters. The summed E-state index contributed by atoms with van der Waals surface area (Å²) in [6.07, 6.45) is 0. The van der Waals surface area contributed by atoms with E-state index in [0.29, 0.717) is 0 Å². The highest BCUT2D eigenvalue weighted by Crippen LogP contribution is 1.44. The maximum Gasteiger partial charge on any atom is 0.316 e. The first-order valence-corrected chi connectivity index (χ1v) is 1.60. The van der Waals surface area contributed by atoms with Crippen LogP contribution in [0.4, 0.5) is 0 Å². The van der Waals surface area contributed by atoms with Gasteiger partial charge in [0.15, 0.2) is 0 Å². The Balaban J connectivity index is -0.00000000214. The van der Waals surface area contributed by atoms with E-state index < -0.39 is 11.4 Å². The molecule has 0 aromatic rings. The van der Waals surface area contributed by atoms with Crippen LogP contribution in [0.2, 0.25) is 0 Å². The Morgan fingerprint density at radius 2 is 0.727 bits per heavy atom. The topological polar surface area (TPSA) is 247 Å². The molecule has 0 aromatic carbocycles. The quantitative estimate of drug-likeness (QED) is 0.296. The van der Waals surface area contributed by atoms with Gasteiger partial charge in [-0.25, -0.2) is 0 Å². The molecule has 0 bridgehead atoms. The molecule has 0 aliphatic carbocycles. The monoisotopic (exact) mass is 216 g/mol. The molecular formula is H16MgO9S. The maximum atomic E-state index is 8.67. The van der Waals surface area contributed by atoms with Gasteiger partial charge < -0.3 is 32.9 Å². The molecule has 0 unspecified atom stereocenters. The number of hydrogen-bond acceptors (Lipinski definition) is 1. The molecule has 0 spiro atoms. The summed E-state index contributed by atoms with van der Waals surface area (Å²) in [7, 11) is 0. The van der Waals surface area contributed by atoms with Crippen LogP contribution in [0.25, 0.3) is 0 Å². The van der Waals surface area contributed by atoms with E-state index >= 15 is 0 Å². The normalized spacial score (nSPS) is 3.18. The van der Waals surface area contributed by atoms with Crippen LogP contribution in [0.3, 0.4) is 0 Å². The summed E-state index contributed by atoms with van der Waals surface area (Å²) in [5, 5.41) is 0. The zero-order valence-electron chi connectivity index (χ0n) is 4.71. The summed E-state index contributed by atoms with van der Waals surface area (Å²) < 4.78 is 22.8. The zero-order valence-corrected chi connectivity index (χ0v) is 5.53. The lowest BCUT2D eigenvalue weighted by molar-refractivity contribution is 0.454. The molecule has 0 heterocycles. The van der Waals surface area contributed by atoms with Gasteiger partial charge in [0.25, 0.3) is 11.4 Å². The van der Waals surface area contributed by atoms with Gasteiger partial charge in [-0.05, 0) is 0 Å². The van der Waals surface area contributed by atoms with Gasteiger partial charge in [-0.2, -0.15) is 4.21 Å². The second-order valence-corrected chi connectivity index (χ2v) is 0.692. The van der Waals surface area contributed by atoms with Gasteiger partial charge in [0.2, 0.25) is 0 Å². The van der Waals surface area contributed by atoms with E-state index in [1.165, 1.54) is 0 Å². The molecule has 0 rings (SSSR count). The van der Waals surface area contributed by atoms with Gasteiger partial charge in [-0.15, -0.1) is 0 Å². The van der Waals surface area contributed by atoms with Crippen LogP contribution >= 0.6 is 0 Å². The second-order valence-electron chi connectivity index (χ2n) is 0.231. The van der Waals surface area contributed by atoms with Crippen molar-refractivity contribution < 1.29 is 46.2 Å². The molecule has 0 saturated carbocycles. The van der Waals surface area contributed by atoms with Crippen LogP contribution in [0, 0.1) is 0 Å². The van der Waals surface area contributed by atoms with Crippen molar-refractivity contribution in [1.29, 1.82) is 0 Å². The second kappa shape index (κ2) is 75.4. The summed E-state index contributed by atoms with van der Waals surface area (Å²) in [5.41, 5.74) is 0. The molecule has 0 aromatic heterocycles. The van der Waals surface area contributed by atoms with Gasteiger partial charge in [0.1, 0.15) is 0 Å². The lowest BCUT2D eigenvalue weighted by atomic mass is 15.8. The third-order valence-electron chi connectivity index (χ3n) is 0. The summed E-state index contributed by atoms with van der Waals surface area (Å²) in [6.45, 7) is 0. The molecule has 0 saturated heterocycles. The molecule has 78 valence electrons. The number of rotatable bonds is 0. The molecule has 11 heavy (non-hydrogen) atoms. The summed E-state index contributed by atoms with van der Waals surface area (Å²) in [6, 6.07) is 0. The largest absolute Gasteiger partial charge is 0.412 e. The highest BCUT2D eigenvalue weighted by molar-refractivity contribution is 7.73. The van der Waals surface area contributed by atoms with E-state index in [1.807, 2.05) is 0 Å². The minimum absolute atomic E-state index is 0. The third-order valence-corrected chi connectivity index (χ3v) is 0. The molecule has 14 N–H and O–H groups in total. The first-order chi connectivity index (χ1) is 1.73. The predicted molar refractivity (Wildman–Crippen MR) is 43.6 cm³/mol. The van der Waals surface area contributed by atoms with E-state index in [1.54, 1.807) is 0 Å². The fourth-order valence-corrected chi connectivity index (χ4v) is 0. The first-order valence-electron chi connectivity index (χ1n) is 0.532. The van der Waals surface area contributed by atoms with Gasteiger partial charge in [-0.3, -0.25) is 9.11 Å². The summed E-state index contributed by atoms with van der Waals surface area (Å²) >= 11 is -2.61. The molecule has 0 amide bonds. The van der Waals surface area contributed by atoms with Crippen molar-refractivity contribution in [2.24, 2.45) is 0 Å². The van der Waals surface area contributed by atoms with Crippen molar-refractivity contribution in [3.8, 4) is 0 Å². The zero-order chi connectivity index (χ0) is 3.58. The smallest absolute Gasteiger partial charge is 0.316 e. The summed E-state index contributed by atoms with van der Waals surface area (Å²) in [5.74, 6) is 0. The van der Waals surface area contributed by atoms with Gasteiger partial charge >= 0.3 is 23.1 Å². The van der Waals surface area contributed by atoms with Crippen molar-refractivity contribution >= 4 is 34.4 Å². The Morgan fingerprint density at radius 3 is 0.727 bits per heavy atom. The molecule has 0 fully saturated rings. The van der Waals surface area contributed by atoms with E-state index in [9.17, 15) is 0 Å². The van der Waals surface area contributed by atoms with Crippen LogP contribution in [0.15, 0.2) is 0 Å². The van der Waals surface area contributed by atoms with E-state index in [0.717, 1.165) is 0 Å². The average Bonchev–Trinajstić information content (AvgIpc) is 0.811. The lowest BCUT2D eigenvalue weighted by Crippen LogP contribution is -1.74. The lowest BCUT2D eigenvalue weighted by Gasteiger charge is -1.59. The minimum Gasteiger partial charge on any atom is -0.412 e. The Labute approximate surface area is 80.9 Å². The van der Waals surface area contributed by atoms with Gasteiger partial charge in [0, 0.05) is 0 Å². The van der Waals surface area contributed by atoms with Crippen molar-refractivity contribution in [2.45, 2.75) is 0 Å². The Morgan fingerprint density at radius 1 is 0.727 bits per heavy atom. The molecule has 0 radical (unpaired) electrons. The molecule has 11 heteroatoms. The third kappa shape index (κ3) is 2200. The summed E-state index contributed by atoms with van der Waals surface area (Å²) in [4.78, 5) is 0. The van der Waals surface area contributed by atoms with Gasteiger partial charge in [-0.1, -0.05) is 0 Å². The molecule has 9 nitrogen and oxygen atoms in total. The average molecular weight is 216 g/mol. The number of hydrogen-bond donors (Lipinski definition) is 2. The highest BCUT2D eigenvalue weighted by atomic mass is 32.2. The fourth-order valence-electron chi connectivity index (χ4n) is 0. The van der Waals surface area contributed by atoms with Crippen molar-refractivity contribution in [1.82, 2.24) is 0 Å². The highest BCUT2D eigenvalue weighted by Gasteiger charge is 1.62. The Hall–Kier alpha value is 0.596. The van der Waals surface area contributed by atoms with E-state index in [-0.39, 0.29) is 55.9 Å². The Bertz CT molecular complexity index is 32.5. The van der Waals surface area contributed by atoms with Gasteiger partial charge in [0.05, 0.1) is 0 Å². The maximum absolute atomic E-state index is 8.67. The molecular weight excluding hydrogens is 200 g/mol. The standard InChI is InChI=1S/Mg.H2O3S.6H2O.2H/c;1-4(2)3;;;;;;;;/h;(H2,1,2,3);6*1H2;;. The van der Waals surface area contributed by atoms with Crippen molar-refractivity contribution in [2.75, 3.05) is 0 Å². The van der Waals surface area contributed by atoms with Crippen molar-refractivity contribution in [3.63, 3.8) is 0 Å². The van der Waals surface area contributed by atoms with Crippen LogP contribution in [0.1, 0.15) is 0 Å². The fraction of sp³-hybridized carbons (Fsp3) is 0. The van der Waals surface area contributed by atoms with Crippen LogP contribution < -0.4 is 0 Å². The SMILES string of the molecule is O.O.O.O.O.O.O=S(O)O.[MgH2]. The van der Waals surface area contributed by atoms with E-state index in [2.05, 4.69) is 0 Å².